The summed E-state index contributed by atoms with van der Waals surface area (Å²) >= 11 is 3.17. The second-order valence-corrected chi connectivity index (χ2v) is 4.64. The summed E-state index contributed by atoms with van der Waals surface area (Å²) in [6, 6.07) is 5.39. The first kappa shape index (κ1) is 14.2. The van der Waals surface area contributed by atoms with Crippen LogP contribution in [-0.2, 0) is 0 Å². The Morgan fingerprint density at radius 1 is 1.40 bits per heavy atom. The Kier molecular flexibility index (Phi) is 4.14. The molecular formula is C12H9BrFN3O3. The lowest BCUT2D eigenvalue weighted by Gasteiger charge is -2.09. The molecule has 0 fully saturated rings. The molecule has 0 saturated carbocycles. The first-order valence-electron chi connectivity index (χ1n) is 5.41. The van der Waals surface area contributed by atoms with Crippen molar-refractivity contribution in [2.24, 2.45) is 0 Å². The maximum Gasteiger partial charge on any atom is 0.288 e. The molecule has 0 radical (unpaired) electrons. The molecule has 1 aromatic carbocycles. The normalized spacial score (nSPS) is 10.2. The third-order valence-corrected chi connectivity index (χ3v) is 3.01. The van der Waals surface area contributed by atoms with Crippen LogP contribution in [0.2, 0.25) is 0 Å². The van der Waals surface area contributed by atoms with Crippen LogP contribution in [0.4, 0.5) is 21.6 Å². The van der Waals surface area contributed by atoms with E-state index in [0.717, 1.165) is 6.20 Å². The van der Waals surface area contributed by atoms with Crippen LogP contribution >= 0.6 is 15.9 Å². The van der Waals surface area contributed by atoms with Crippen molar-refractivity contribution in [3.63, 3.8) is 0 Å². The minimum absolute atomic E-state index is 0.140. The van der Waals surface area contributed by atoms with E-state index in [1.165, 1.54) is 25.3 Å². The Morgan fingerprint density at radius 2 is 2.15 bits per heavy atom. The molecule has 0 atom stereocenters. The van der Waals surface area contributed by atoms with Crippen LogP contribution in [-0.4, -0.2) is 17.0 Å². The molecule has 0 unspecified atom stereocenters. The van der Waals surface area contributed by atoms with Crippen LogP contribution in [0.3, 0.4) is 0 Å². The zero-order valence-corrected chi connectivity index (χ0v) is 11.8. The van der Waals surface area contributed by atoms with Crippen LogP contribution < -0.4 is 10.1 Å². The van der Waals surface area contributed by atoms with Crippen molar-refractivity contribution in [1.82, 2.24) is 4.98 Å². The lowest BCUT2D eigenvalue weighted by Crippen LogP contribution is -1.98. The maximum absolute atomic E-state index is 13.3. The van der Waals surface area contributed by atoms with E-state index in [9.17, 15) is 14.5 Å². The molecule has 20 heavy (non-hydrogen) atoms. The largest absolute Gasteiger partial charge is 0.497 e. The van der Waals surface area contributed by atoms with Crippen molar-refractivity contribution in [2.75, 3.05) is 12.4 Å². The number of anilines is 2. The van der Waals surface area contributed by atoms with E-state index < -0.39 is 10.7 Å². The molecule has 1 heterocycles. The number of benzene rings is 1. The number of halogens is 2. The van der Waals surface area contributed by atoms with Gasteiger partial charge in [0.05, 0.1) is 16.5 Å². The molecule has 8 heteroatoms. The average Bonchev–Trinajstić information content (AvgIpc) is 2.40. The SMILES string of the molecule is COc1cc(F)cc(Nc2ncc([N+](=O)[O-])cc2Br)c1. The van der Waals surface area contributed by atoms with Gasteiger partial charge in [-0.15, -0.1) is 0 Å². The number of rotatable bonds is 4. The zero-order valence-electron chi connectivity index (χ0n) is 10.3. The van der Waals surface area contributed by atoms with Crippen LogP contribution in [0, 0.1) is 15.9 Å². The van der Waals surface area contributed by atoms with E-state index in [1.807, 2.05) is 0 Å². The smallest absolute Gasteiger partial charge is 0.288 e. The van der Waals surface area contributed by atoms with Crippen LogP contribution in [0.1, 0.15) is 0 Å². The summed E-state index contributed by atoms with van der Waals surface area (Å²) in [5.74, 6) is 0.221. The number of aromatic nitrogens is 1. The molecule has 0 spiro atoms. The third-order valence-electron chi connectivity index (χ3n) is 2.41. The summed E-state index contributed by atoms with van der Waals surface area (Å²) in [6.07, 6.45) is 1.11. The summed E-state index contributed by atoms with van der Waals surface area (Å²) in [7, 11) is 1.43. The molecule has 0 bridgehead atoms. The molecule has 0 saturated heterocycles. The Hall–Kier alpha value is -2.22. The zero-order chi connectivity index (χ0) is 14.7. The summed E-state index contributed by atoms with van der Waals surface area (Å²) in [5, 5.41) is 13.5. The van der Waals surface area contributed by atoms with Crippen LogP contribution in [0.25, 0.3) is 0 Å². The van der Waals surface area contributed by atoms with Crippen molar-refractivity contribution < 1.29 is 14.1 Å². The van der Waals surface area contributed by atoms with Crippen molar-refractivity contribution in [3.8, 4) is 5.75 Å². The number of pyridine rings is 1. The summed E-state index contributed by atoms with van der Waals surface area (Å²) in [6.45, 7) is 0. The van der Waals surface area contributed by atoms with Gasteiger partial charge in [-0.1, -0.05) is 0 Å². The minimum Gasteiger partial charge on any atom is -0.497 e. The van der Waals surface area contributed by atoms with Gasteiger partial charge in [-0.25, -0.2) is 9.37 Å². The van der Waals surface area contributed by atoms with E-state index >= 15 is 0 Å². The van der Waals surface area contributed by atoms with Crippen molar-refractivity contribution in [3.05, 3.63) is 50.9 Å². The van der Waals surface area contributed by atoms with Crippen LogP contribution in [0.5, 0.6) is 5.75 Å². The highest BCUT2D eigenvalue weighted by Crippen LogP contribution is 2.28. The number of nitro groups is 1. The first-order chi connectivity index (χ1) is 9.49. The molecule has 0 amide bonds. The van der Waals surface area contributed by atoms with Gasteiger partial charge in [-0.05, 0) is 22.0 Å². The Bertz CT molecular complexity index is 666. The molecule has 0 aliphatic heterocycles. The molecule has 0 aliphatic carbocycles. The third kappa shape index (κ3) is 3.21. The number of methoxy groups -OCH3 is 1. The van der Waals surface area contributed by atoms with E-state index in [-0.39, 0.29) is 5.69 Å². The Labute approximate surface area is 121 Å². The fourth-order valence-electron chi connectivity index (χ4n) is 1.51. The predicted octanol–water partition coefficient (Wildman–Crippen LogP) is 3.64. The van der Waals surface area contributed by atoms with Gasteiger partial charge in [0.15, 0.2) is 0 Å². The van der Waals surface area contributed by atoms with E-state index in [2.05, 4.69) is 26.2 Å². The van der Waals surface area contributed by atoms with Gasteiger partial charge in [0.2, 0.25) is 0 Å². The number of nitrogens with zero attached hydrogens (tertiary/aromatic N) is 2. The van der Waals surface area contributed by atoms with Gasteiger partial charge in [-0.3, -0.25) is 10.1 Å². The summed E-state index contributed by atoms with van der Waals surface area (Å²) in [4.78, 5) is 14.0. The van der Waals surface area contributed by atoms with E-state index in [0.29, 0.717) is 21.7 Å². The minimum atomic E-state index is -0.549. The second kappa shape index (κ2) is 5.83. The molecule has 2 aromatic rings. The number of ether oxygens (including phenoxy) is 1. The monoisotopic (exact) mass is 341 g/mol. The van der Waals surface area contributed by atoms with Gasteiger partial charge in [-0.2, -0.15) is 0 Å². The number of hydrogen-bond acceptors (Lipinski definition) is 5. The molecule has 2 rings (SSSR count). The first-order valence-corrected chi connectivity index (χ1v) is 6.20. The van der Waals surface area contributed by atoms with Gasteiger partial charge >= 0.3 is 0 Å². The predicted molar refractivity (Wildman–Crippen MR) is 74.8 cm³/mol. The topological polar surface area (TPSA) is 77.3 Å². The van der Waals surface area contributed by atoms with Crippen molar-refractivity contribution >= 4 is 33.1 Å². The molecule has 104 valence electrons. The number of hydrogen-bond donors (Lipinski definition) is 1. The number of nitrogens with one attached hydrogen (secondary N) is 1. The van der Waals surface area contributed by atoms with Gasteiger partial charge in [0, 0.05) is 23.9 Å². The Morgan fingerprint density at radius 3 is 2.75 bits per heavy atom. The molecule has 1 aromatic heterocycles. The molecule has 0 aliphatic rings. The van der Waals surface area contributed by atoms with Crippen molar-refractivity contribution in [1.29, 1.82) is 0 Å². The summed E-state index contributed by atoms with van der Waals surface area (Å²) in [5.41, 5.74) is 0.281. The lowest BCUT2D eigenvalue weighted by molar-refractivity contribution is -0.385. The van der Waals surface area contributed by atoms with E-state index in [1.54, 1.807) is 6.07 Å². The fraction of sp³-hybridized carbons (Fsp3) is 0.0833. The maximum atomic E-state index is 13.3. The Balaban J connectivity index is 2.30. The van der Waals surface area contributed by atoms with Gasteiger partial charge in [0.25, 0.3) is 5.69 Å². The fourth-order valence-corrected chi connectivity index (χ4v) is 1.95. The van der Waals surface area contributed by atoms with Crippen LogP contribution in [0.15, 0.2) is 34.9 Å². The molecule has 1 N–H and O–H groups in total. The highest BCUT2D eigenvalue weighted by Gasteiger charge is 2.11. The molecular weight excluding hydrogens is 333 g/mol. The highest BCUT2D eigenvalue weighted by atomic mass is 79.9. The van der Waals surface area contributed by atoms with E-state index in [4.69, 9.17) is 4.74 Å². The quantitative estimate of drug-likeness (QED) is 0.678. The molecule has 6 nitrogen and oxygen atoms in total. The second-order valence-electron chi connectivity index (χ2n) is 3.79. The average molecular weight is 342 g/mol. The van der Waals surface area contributed by atoms with Gasteiger partial charge < -0.3 is 10.1 Å². The van der Waals surface area contributed by atoms with Gasteiger partial charge in [0.1, 0.15) is 23.6 Å². The summed E-state index contributed by atoms with van der Waals surface area (Å²) < 4.78 is 18.7. The highest BCUT2D eigenvalue weighted by molar-refractivity contribution is 9.10. The lowest BCUT2D eigenvalue weighted by atomic mass is 10.3. The standard InChI is InChI=1S/C12H9BrFN3O3/c1-20-10-3-7(14)2-8(4-10)16-12-11(13)5-9(6-15-12)17(18)19/h2-6H,1H3,(H,15,16). The van der Waals surface area contributed by atoms with Crippen molar-refractivity contribution in [2.45, 2.75) is 0 Å².